The van der Waals surface area contributed by atoms with Gasteiger partial charge in [-0.15, -0.1) is 0 Å². The number of hydrogen-bond donors (Lipinski definition) is 3. The summed E-state index contributed by atoms with van der Waals surface area (Å²) in [6.07, 6.45) is -3.76. The number of carbonyl (C=O) groups is 3. The standard InChI is InChI=1S/C21H28F3N3O5/c1-5-16(25)18(28)27-14(10-12(2)3)11-17(32-20(30)21(22,23)24)19(29)26-13-6-8-15(31-4)9-7-13/h6-9,11-12,14,16H,5,10,25H2,1-4H3,(H,26,29)(H,27,28)/b17-11+/t14-,16-/m0/s1. The predicted molar refractivity (Wildman–Crippen MR) is 112 cm³/mol. The lowest BCUT2D eigenvalue weighted by Crippen LogP contribution is -2.45. The fourth-order valence-electron chi connectivity index (χ4n) is 2.52. The second-order valence-electron chi connectivity index (χ2n) is 7.36. The van der Waals surface area contributed by atoms with E-state index in [0.29, 0.717) is 12.2 Å². The molecule has 32 heavy (non-hydrogen) atoms. The number of anilines is 1. The van der Waals surface area contributed by atoms with Gasteiger partial charge in [0.15, 0.2) is 5.76 Å². The minimum absolute atomic E-state index is 0.0152. The Bertz CT molecular complexity index is 823. The number of benzene rings is 1. The van der Waals surface area contributed by atoms with Crippen LogP contribution in [-0.2, 0) is 19.1 Å². The van der Waals surface area contributed by atoms with Crippen molar-refractivity contribution >= 4 is 23.5 Å². The van der Waals surface area contributed by atoms with Gasteiger partial charge < -0.3 is 25.8 Å². The van der Waals surface area contributed by atoms with Crippen molar-refractivity contribution < 1.29 is 37.0 Å². The second-order valence-corrected chi connectivity index (χ2v) is 7.36. The van der Waals surface area contributed by atoms with E-state index in [1.54, 1.807) is 6.92 Å². The molecule has 4 N–H and O–H groups in total. The molecule has 178 valence electrons. The monoisotopic (exact) mass is 459 g/mol. The van der Waals surface area contributed by atoms with Gasteiger partial charge in [0, 0.05) is 5.69 Å². The van der Waals surface area contributed by atoms with Crippen LogP contribution < -0.4 is 21.1 Å². The van der Waals surface area contributed by atoms with Crippen LogP contribution >= 0.6 is 0 Å². The molecule has 0 spiro atoms. The van der Waals surface area contributed by atoms with Gasteiger partial charge in [-0.25, -0.2) is 4.79 Å². The predicted octanol–water partition coefficient (Wildman–Crippen LogP) is 2.89. The minimum atomic E-state index is -5.32. The maximum atomic E-state index is 12.8. The van der Waals surface area contributed by atoms with E-state index < -0.39 is 41.8 Å². The first-order valence-corrected chi connectivity index (χ1v) is 9.89. The number of carbonyl (C=O) groups excluding carboxylic acids is 3. The molecule has 0 radical (unpaired) electrons. The Morgan fingerprint density at radius 3 is 2.22 bits per heavy atom. The van der Waals surface area contributed by atoms with Gasteiger partial charge in [-0.3, -0.25) is 9.59 Å². The summed E-state index contributed by atoms with van der Waals surface area (Å²) in [5.74, 6) is -4.64. The first-order valence-electron chi connectivity index (χ1n) is 9.89. The van der Waals surface area contributed by atoms with Crippen molar-refractivity contribution in [3.05, 3.63) is 36.1 Å². The number of nitrogens with two attached hydrogens (primary N) is 1. The molecule has 2 amide bonds. The van der Waals surface area contributed by atoms with E-state index in [4.69, 9.17) is 10.5 Å². The number of methoxy groups -OCH3 is 1. The molecule has 0 aromatic heterocycles. The number of ether oxygens (including phenoxy) is 2. The van der Waals surface area contributed by atoms with Crippen molar-refractivity contribution in [2.75, 3.05) is 12.4 Å². The molecule has 0 saturated heterocycles. The summed E-state index contributed by atoms with van der Waals surface area (Å²) < 4.78 is 47.6. The van der Waals surface area contributed by atoms with E-state index in [1.165, 1.54) is 31.4 Å². The summed E-state index contributed by atoms with van der Waals surface area (Å²) in [7, 11) is 1.44. The first kappa shape index (κ1) is 27.0. The second kappa shape index (κ2) is 12.1. The average molecular weight is 459 g/mol. The maximum absolute atomic E-state index is 12.8. The first-order chi connectivity index (χ1) is 14.9. The van der Waals surface area contributed by atoms with Gasteiger partial charge in [-0.2, -0.15) is 13.2 Å². The summed E-state index contributed by atoms with van der Waals surface area (Å²) >= 11 is 0. The van der Waals surface area contributed by atoms with Gasteiger partial charge >= 0.3 is 12.1 Å². The molecule has 0 unspecified atom stereocenters. The maximum Gasteiger partial charge on any atom is 0.491 e. The van der Waals surface area contributed by atoms with E-state index >= 15 is 0 Å². The lowest BCUT2D eigenvalue weighted by atomic mass is 10.0. The number of hydrogen-bond acceptors (Lipinski definition) is 6. The Labute approximate surface area is 184 Å². The lowest BCUT2D eigenvalue weighted by molar-refractivity contribution is -0.195. The topological polar surface area (TPSA) is 120 Å². The van der Waals surface area contributed by atoms with Crippen LogP contribution in [0.2, 0.25) is 0 Å². The highest BCUT2D eigenvalue weighted by atomic mass is 19.4. The number of alkyl halides is 3. The molecule has 1 rings (SSSR count). The van der Waals surface area contributed by atoms with Crippen molar-refractivity contribution in [2.24, 2.45) is 11.7 Å². The van der Waals surface area contributed by atoms with Gasteiger partial charge in [-0.1, -0.05) is 20.8 Å². The highest BCUT2D eigenvalue weighted by molar-refractivity contribution is 6.04. The van der Waals surface area contributed by atoms with Crippen molar-refractivity contribution in [3.8, 4) is 5.75 Å². The summed E-state index contributed by atoms with van der Waals surface area (Å²) in [6.45, 7) is 5.31. The average Bonchev–Trinajstić information content (AvgIpc) is 2.71. The molecule has 0 heterocycles. The fraction of sp³-hybridized carbons (Fsp3) is 0.476. The van der Waals surface area contributed by atoms with Crippen molar-refractivity contribution in [3.63, 3.8) is 0 Å². The SMILES string of the molecule is CC[C@H](N)C(=O)N[C@H](/C=C(/OC(=O)C(F)(F)F)C(=O)Nc1ccc(OC)cc1)CC(C)C. The van der Waals surface area contributed by atoms with Gasteiger partial charge in [0.2, 0.25) is 5.91 Å². The Balaban J connectivity index is 3.23. The zero-order chi connectivity index (χ0) is 24.5. The summed E-state index contributed by atoms with van der Waals surface area (Å²) in [5, 5.41) is 4.92. The largest absolute Gasteiger partial charge is 0.497 e. The third-order valence-corrected chi connectivity index (χ3v) is 4.19. The van der Waals surface area contributed by atoms with Crippen LogP contribution in [0.1, 0.15) is 33.6 Å². The third-order valence-electron chi connectivity index (χ3n) is 4.19. The van der Waals surface area contributed by atoms with Crippen LogP contribution in [0.3, 0.4) is 0 Å². The number of esters is 1. The Kier molecular flexibility index (Phi) is 10.2. The Morgan fingerprint density at radius 2 is 1.75 bits per heavy atom. The number of rotatable bonds is 10. The van der Waals surface area contributed by atoms with Gasteiger partial charge in [-0.05, 0) is 49.1 Å². The molecule has 11 heteroatoms. The molecule has 0 aliphatic heterocycles. The summed E-state index contributed by atoms with van der Waals surface area (Å²) in [6, 6.07) is 4.20. The number of halogens is 3. The van der Waals surface area contributed by atoms with E-state index in [1.807, 2.05) is 13.8 Å². The number of amides is 2. The molecular formula is C21H28F3N3O5. The fourth-order valence-corrected chi connectivity index (χ4v) is 2.52. The Hall–Kier alpha value is -3.08. The van der Waals surface area contributed by atoms with Crippen molar-refractivity contribution in [1.82, 2.24) is 5.32 Å². The van der Waals surface area contributed by atoms with Crippen LogP contribution in [0.25, 0.3) is 0 Å². The Morgan fingerprint density at radius 1 is 1.16 bits per heavy atom. The smallest absolute Gasteiger partial charge is 0.491 e. The van der Waals surface area contributed by atoms with E-state index in [0.717, 1.165) is 6.08 Å². The molecule has 0 bridgehead atoms. The quantitative estimate of drug-likeness (QED) is 0.281. The normalized spacial score (nSPS) is 13.8. The van der Waals surface area contributed by atoms with Crippen LogP contribution in [0, 0.1) is 5.92 Å². The third kappa shape index (κ3) is 8.96. The van der Waals surface area contributed by atoms with Crippen LogP contribution in [0.5, 0.6) is 5.75 Å². The van der Waals surface area contributed by atoms with Crippen molar-refractivity contribution in [2.45, 2.75) is 51.9 Å². The molecule has 2 atom stereocenters. The molecule has 0 aliphatic rings. The molecule has 0 fully saturated rings. The molecular weight excluding hydrogens is 431 g/mol. The highest BCUT2D eigenvalue weighted by Gasteiger charge is 2.42. The lowest BCUT2D eigenvalue weighted by Gasteiger charge is -2.21. The minimum Gasteiger partial charge on any atom is -0.497 e. The zero-order valence-corrected chi connectivity index (χ0v) is 18.3. The molecule has 0 saturated carbocycles. The number of nitrogens with one attached hydrogen (secondary N) is 2. The van der Waals surface area contributed by atoms with E-state index in [2.05, 4.69) is 15.4 Å². The van der Waals surface area contributed by atoms with Crippen LogP contribution in [0.4, 0.5) is 18.9 Å². The van der Waals surface area contributed by atoms with Gasteiger partial charge in [0.25, 0.3) is 5.91 Å². The highest BCUT2D eigenvalue weighted by Crippen LogP contribution is 2.21. The van der Waals surface area contributed by atoms with E-state index in [-0.39, 0.29) is 18.0 Å². The summed E-state index contributed by atoms with van der Waals surface area (Å²) in [4.78, 5) is 36.2. The van der Waals surface area contributed by atoms with Gasteiger partial charge in [0.1, 0.15) is 5.75 Å². The molecule has 0 aliphatic carbocycles. The molecule has 8 nitrogen and oxygen atoms in total. The molecule has 1 aromatic rings. The van der Waals surface area contributed by atoms with Crippen LogP contribution in [0.15, 0.2) is 36.1 Å². The van der Waals surface area contributed by atoms with Crippen molar-refractivity contribution in [1.29, 1.82) is 0 Å². The van der Waals surface area contributed by atoms with E-state index in [9.17, 15) is 27.6 Å². The zero-order valence-electron chi connectivity index (χ0n) is 18.3. The summed E-state index contributed by atoms with van der Waals surface area (Å²) in [5.41, 5.74) is 5.92. The van der Waals surface area contributed by atoms with Crippen LogP contribution in [-0.4, -0.2) is 43.2 Å². The van der Waals surface area contributed by atoms with Gasteiger partial charge in [0.05, 0.1) is 19.2 Å². The molecule has 1 aromatic carbocycles.